The van der Waals surface area contributed by atoms with Crippen LogP contribution in [-0.4, -0.2) is 24.9 Å². The Balaban J connectivity index is 2.06. The Hall–Kier alpha value is -1.88. The molecule has 0 bridgehead atoms. The third-order valence-electron chi connectivity index (χ3n) is 3.70. The van der Waals surface area contributed by atoms with Gasteiger partial charge >= 0.3 is 0 Å². The topological polar surface area (TPSA) is 84.2 Å². The number of hydrogen-bond acceptors (Lipinski definition) is 3. The molecule has 1 atom stereocenters. The smallest absolute Gasteiger partial charge is 0.248 e. The Morgan fingerprint density at radius 3 is 2.58 bits per heavy atom. The number of carbonyl (C=O) groups is 2. The molecular weight excluding hydrogens is 242 g/mol. The summed E-state index contributed by atoms with van der Waals surface area (Å²) in [6.45, 7) is 5.58. The molecular formula is C14H19N3O2. The van der Waals surface area contributed by atoms with Gasteiger partial charge in [0.1, 0.15) is 0 Å². The fourth-order valence-electron chi connectivity index (χ4n) is 2.08. The van der Waals surface area contributed by atoms with E-state index < -0.39 is 5.91 Å². The zero-order valence-electron chi connectivity index (χ0n) is 11.2. The SMILES string of the molecule is Cc1cc(C(N)=O)ccc1NC(=O)C(C)C1CNC1. The van der Waals surface area contributed by atoms with Crippen molar-refractivity contribution in [3.63, 3.8) is 0 Å². The molecule has 1 fully saturated rings. The van der Waals surface area contributed by atoms with Crippen LogP contribution in [0.2, 0.25) is 0 Å². The lowest BCUT2D eigenvalue weighted by molar-refractivity contribution is -0.121. The van der Waals surface area contributed by atoms with Gasteiger partial charge in [-0.1, -0.05) is 6.92 Å². The number of nitrogens with two attached hydrogens (primary N) is 1. The highest BCUT2D eigenvalue weighted by molar-refractivity contribution is 5.96. The number of carbonyl (C=O) groups excluding carboxylic acids is 2. The van der Waals surface area contributed by atoms with Crippen LogP contribution < -0.4 is 16.4 Å². The van der Waals surface area contributed by atoms with Crippen molar-refractivity contribution in [1.82, 2.24) is 5.32 Å². The zero-order chi connectivity index (χ0) is 14.0. The Morgan fingerprint density at radius 1 is 1.42 bits per heavy atom. The summed E-state index contributed by atoms with van der Waals surface area (Å²) >= 11 is 0. The first-order chi connectivity index (χ1) is 8.99. The van der Waals surface area contributed by atoms with Crippen LogP contribution in [0.15, 0.2) is 18.2 Å². The number of aryl methyl sites for hydroxylation is 1. The molecule has 4 N–H and O–H groups in total. The third-order valence-corrected chi connectivity index (χ3v) is 3.70. The number of rotatable bonds is 4. The molecule has 102 valence electrons. The van der Waals surface area contributed by atoms with Crippen LogP contribution in [0.3, 0.4) is 0 Å². The maximum absolute atomic E-state index is 12.1. The van der Waals surface area contributed by atoms with E-state index in [4.69, 9.17) is 5.73 Å². The fourth-order valence-corrected chi connectivity index (χ4v) is 2.08. The molecule has 1 aromatic rings. The van der Waals surface area contributed by atoms with Crippen LogP contribution in [0, 0.1) is 18.8 Å². The predicted octanol–water partition coefficient (Wildman–Crippen LogP) is 0.888. The fraction of sp³-hybridized carbons (Fsp3) is 0.429. The summed E-state index contributed by atoms with van der Waals surface area (Å²) in [6.07, 6.45) is 0. The molecule has 2 amide bonds. The molecule has 0 spiro atoms. The van der Waals surface area contributed by atoms with E-state index in [0.29, 0.717) is 11.5 Å². The summed E-state index contributed by atoms with van der Waals surface area (Å²) in [5, 5.41) is 6.07. The number of hydrogen-bond donors (Lipinski definition) is 3. The number of amides is 2. The lowest BCUT2D eigenvalue weighted by Crippen LogP contribution is -2.48. The normalized spacial score (nSPS) is 16.5. The second-order valence-corrected chi connectivity index (χ2v) is 5.09. The monoisotopic (exact) mass is 261 g/mol. The lowest BCUT2D eigenvalue weighted by atomic mass is 9.88. The molecule has 1 aromatic carbocycles. The van der Waals surface area contributed by atoms with Gasteiger partial charge in [-0.3, -0.25) is 9.59 Å². The van der Waals surface area contributed by atoms with Gasteiger partial charge in [-0.05, 0) is 49.7 Å². The molecule has 0 aliphatic carbocycles. The summed E-state index contributed by atoms with van der Waals surface area (Å²) in [6, 6.07) is 5.03. The van der Waals surface area contributed by atoms with Gasteiger partial charge in [0.15, 0.2) is 0 Å². The summed E-state index contributed by atoms with van der Waals surface area (Å²) in [5.41, 5.74) is 7.23. The maximum atomic E-state index is 12.1. The molecule has 1 heterocycles. The minimum Gasteiger partial charge on any atom is -0.366 e. The molecule has 2 rings (SSSR count). The van der Waals surface area contributed by atoms with Gasteiger partial charge in [0.25, 0.3) is 0 Å². The molecule has 0 aromatic heterocycles. The van der Waals surface area contributed by atoms with Crippen LogP contribution in [0.5, 0.6) is 0 Å². The van der Waals surface area contributed by atoms with Gasteiger partial charge in [0.2, 0.25) is 11.8 Å². The van der Waals surface area contributed by atoms with Crippen LogP contribution >= 0.6 is 0 Å². The number of nitrogens with one attached hydrogen (secondary N) is 2. The Labute approximate surface area is 112 Å². The van der Waals surface area contributed by atoms with E-state index >= 15 is 0 Å². The van der Waals surface area contributed by atoms with E-state index in [1.165, 1.54) is 0 Å². The molecule has 1 saturated heterocycles. The number of primary amides is 1. The van der Waals surface area contributed by atoms with Gasteiger partial charge in [-0.25, -0.2) is 0 Å². The average molecular weight is 261 g/mol. The second kappa shape index (κ2) is 5.40. The molecule has 0 radical (unpaired) electrons. The van der Waals surface area contributed by atoms with E-state index in [0.717, 1.165) is 24.3 Å². The quantitative estimate of drug-likeness (QED) is 0.752. The molecule has 1 aliphatic rings. The third kappa shape index (κ3) is 2.93. The first kappa shape index (κ1) is 13.5. The molecule has 1 unspecified atom stereocenters. The number of anilines is 1. The molecule has 0 saturated carbocycles. The van der Waals surface area contributed by atoms with Crippen molar-refractivity contribution in [1.29, 1.82) is 0 Å². The zero-order valence-corrected chi connectivity index (χ0v) is 11.2. The maximum Gasteiger partial charge on any atom is 0.248 e. The lowest BCUT2D eigenvalue weighted by Gasteiger charge is -2.31. The highest BCUT2D eigenvalue weighted by Gasteiger charge is 2.28. The van der Waals surface area contributed by atoms with Crippen molar-refractivity contribution < 1.29 is 9.59 Å². The first-order valence-corrected chi connectivity index (χ1v) is 6.41. The highest BCUT2D eigenvalue weighted by Crippen LogP contribution is 2.21. The highest BCUT2D eigenvalue weighted by atomic mass is 16.2. The van der Waals surface area contributed by atoms with Crippen molar-refractivity contribution in [3.05, 3.63) is 29.3 Å². The molecule has 5 heteroatoms. The van der Waals surface area contributed by atoms with Crippen molar-refractivity contribution in [2.45, 2.75) is 13.8 Å². The Morgan fingerprint density at radius 2 is 2.11 bits per heavy atom. The Bertz CT molecular complexity index is 509. The van der Waals surface area contributed by atoms with E-state index in [1.807, 2.05) is 13.8 Å². The van der Waals surface area contributed by atoms with Crippen molar-refractivity contribution in [2.24, 2.45) is 17.6 Å². The van der Waals surface area contributed by atoms with Crippen molar-refractivity contribution in [3.8, 4) is 0 Å². The minimum atomic E-state index is -0.463. The average Bonchev–Trinajstić information content (AvgIpc) is 2.29. The first-order valence-electron chi connectivity index (χ1n) is 6.41. The summed E-state index contributed by atoms with van der Waals surface area (Å²) < 4.78 is 0. The summed E-state index contributed by atoms with van der Waals surface area (Å²) in [4.78, 5) is 23.1. The van der Waals surface area contributed by atoms with Crippen LogP contribution in [0.4, 0.5) is 5.69 Å². The molecule has 5 nitrogen and oxygen atoms in total. The minimum absolute atomic E-state index is 0.0152. The van der Waals surface area contributed by atoms with E-state index in [2.05, 4.69) is 10.6 Å². The standard InChI is InChI=1S/C14H19N3O2/c1-8-5-10(13(15)18)3-4-12(8)17-14(19)9(2)11-6-16-7-11/h3-5,9,11,16H,6-7H2,1-2H3,(H2,15,18)(H,17,19). The van der Waals surface area contributed by atoms with E-state index in [1.54, 1.807) is 18.2 Å². The second-order valence-electron chi connectivity index (χ2n) is 5.09. The van der Waals surface area contributed by atoms with Crippen LogP contribution in [-0.2, 0) is 4.79 Å². The summed E-state index contributed by atoms with van der Waals surface area (Å²) in [7, 11) is 0. The van der Waals surface area contributed by atoms with Gasteiger partial charge in [-0.2, -0.15) is 0 Å². The van der Waals surface area contributed by atoms with Crippen LogP contribution in [0.1, 0.15) is 22.8 Å². The van der Waals surface area contributed by atoms with E-state index in [-0.39, 0.29) is 11.8 Å². The van der Waals surface area contributed by atoms with Gasteiger partial charge in [-0.15, -0.1) is 0 Å². The van der Waals surface area contributed by atoms with Gasteiger partial charge in [0.05, 0.1) is 0 Å². The van der Waals surface area contributed by atoms with Gasteiger partial charge in [0, 0.05) is 17.2 Å². The summed E-state index contributed by atoms with van der Waals surface area (Å²) in [5.74, 6) is -0.0574. The largest absolute Gasteiger partial charge is 0.366 e. The Kier molecular flexibility index (Phi) is 3.85. The molecule has 1 aliphatic heterocycles. The van der Waals surface area contributed by atoms with Crippen molar-refractivity contribution in [2.75, 3.05) is 18.4 Å². The van der Waals surface area contributed by atoms with E-state index in [9.17, 15) is 9.59 Å². The van der Waals surface area contributed by atoms with Crippen LogP contribution in [0.25, 0.3) is 0 Å². The molecule has 19 heavy (non-hydrogen) atoms. The predicted molar refractivity (Wildman–Crippen MR) is 73.9 cm³/mol. The number of benzene rings is 1. The van der Waals surface area contributed by atoms with Crippen molar-refractivity contribution >= 4 is 17.5 Å². The van der Waals surface area contributed by atoms with Gasteiger partial charge < -0.3 is 16.4 Å².